The number of rotatable bonds is 18. The number of carbonyl (C=O) groups is 5. The van der Waals surface area contributed by atoms with Crippen LogP contribution in [0.3, 0.4) is 0 Å². The maximum Gasteiger partial charge on any atom is 0.326 e. The van der Waals surface area contributed by atoms with Crippen LogP contribution in [0.4, 0.5) is 0 Å². The Morgan fingerprint density at radius 2 is 1.74 bits per heavy atom. The third kappa shape index (κ3) is 11.9. The van der Waals surface area contributed by atoms with Crippen LogP contribution in [0.5, 0.6) is 0 Å². The van der Waals surface area contributed by atoms with Gasteiger partial charge in [0.05, 0.1) is 24.6 Å². The number of amides is 3. The summed E-state index contributed by atoms with van der Waals surface area (Å²) in [5.41, 5.74) is 5.46. The number of ether oxygens (including phenoxy) is 1. The molecule has 39 heavy (non-hydrogen) atoms. The van der Waals surface area contributed by atoms with Crippen LogP contribution in [0.1, 0.15) is 71.6 Å². The van der Waals surface area contributed by atoms with E-state index in [9.17, 15) is 34.2 Å². The first-order valence-corrected chi connectivity index (χ1v) is 13.7. The zero-order valence-electron chi connectivity index (χ0n) is 23.6. The van der Waals surface area contributed by atoms with Crippen molar-refractivity contribution >= 4 is 29.7 Å². The summed E-state index contributed by atoms with van der Waals surface area (Å²) in [7, 11) is 3.13. The van der Waals surface area contributed by atoms with E-state index in [1.54, 1.807) is 7.05 Å². The lowest BCUT2D eigenvalue weighted by molar-refractivity contribution is -0.149. The van der Waals surface area contributed by atoms with Crippen LogP contribution in [-0.2, 0) is 28.7 Å². The van der Waals surface area contributed by atoms with Gasteiger partial charge in [0.25, 0.3) is 0 Å². The number of nitrogens with one attached hydrogen (secondary N) is 3. The number of hydrogen-bond acceptors (Lipinski definition) is 8. The Hall–Kier alpha value is -2.77. The van der Waals surface area contributed by atoms with Crippen LogP contribution in [0.2, 0.25) is 0 Å². The van der Waals surface area contributed by atoms with Crippen molar-refractivity contribution < 1.29 is 38.9 Å². The fourth-order valence-electron chi connectivity index (χ4n) is 4.88. The highest BCUT2D eigenvalue weighted by Crippen LogP contribution is 2.25. The minimum absolute atomic E-state index is 0.0544. The molecule has 224 valence electrons. The second kappa shape index (κ2) is 17.7. The highest BCUT2D eigenvalue weighted by Gasteiger charge is 2.39. The average molecular weight is 558 g/mol. The van der Waals surface area contributed by atoms with Crippen LogP contribution < -0.4 is 21.7 Å². The Labute approximate surface area is 230 Å². The molecule has 0 radical (unpaired) electrons. The molecule has 5 atom stereocenters. The van der Waals surface area contributed by atoms with Crippen molar-refractivity contribution in [3.8, 4) is 0 Å². The zero-order chi connectivity index (χ0) is 29.5. The molecule has 13 heteroatoms. The number of aliphatic carboxylic acids is 2. The lowest BCUT2D eigenvalue weighted by Crippen LogP contribution is -2.59. The van der Waals surface area contributed by atoms with Crippen LogP contribution >= 0.6 is 0 Å². The number of likely N-dealkylation sites (N-methyl/N-ethyl adjacent to an activating group) is 1. The standard InChI is InChI=1S/C26H47N5O8/c1-16(2)14-18(28-3)24(35)30-19(15-23(33)34)25(36)31-13-7-9-21(39-4)20(31)10-11-22(32)29-17(26(37)38)8-5-6-12-27/h16-21,28H,5-15,27H2,1-4H3,(H,29,32)(H,30,35)(H,33,34)(H,37,38)/t17-,18-,19-,20+,21+/m0/s1. The first-order chi connectivity index (χ1) is 18.4. The van der Waals surface area contributed by atoms with Crippen molar-refractivity contribution in [1.29, 1.82) is 0 Å². The minimum Gasteiger partial charge on any atom is -0.481 e. The Morgan fingerprint density at radius 3 is 2.28 bits per heavy atom. The van der Waals surface area contributed by atoms with E-state index >= 15 is 0 Å². The van der Waals surface area contributed by atoms with E-state index in [1.165, 1.54) is 12.0 Å². The van der Waals surface area contributed by atoms with Gasteiger partial charge in [0.1, 0.15) is 12.1 Å². The van der Waals surface area contributed by atoms with Crippen molar-refractivity contribution in [2.24, 2.45) is 11.7 Å². The van der Waals surface area contributed by atoms with Gasteiger partial charge in [0.15, 0.2) is 0 Å². The first kappa shape index (κ1) is 34.3. The van der Waals surface area contributed by atoms with E-state index in [1.807, 2.05) is 13.8 Å². The molecule has 0 aromatic carbocycles. The molecule has 1 saturated heterocycles. The SMILES string of the molecule is CN[C@@H](CC(C)C)C(=O)N[C@@H](CC(=O)O)C(=O)N1CCC[C@@H](OC)[C@H]1CCC(=O)N[C@@H](CCCCN)C(=O)O. The summed E-state index contributed by atoms with van der Waals surface area (Å²) in [6.45, 7) is 4.65. The Bertz CT molecular complexity index is 824. The molecule has 7 N–H and O–H groups in total. The van der Waals surface area contributed by atoms with Crippen LogP contribution in [0, 0.1) is 5.92 Å². The molecule has 1 aliphatic heterocycles. The molecule has 0 aromatic rings. The molecule has 0 saturated carbocycles. The summed E-state index contributed by atoms with van der Waals surface area (Å²) in [4.78, 5) is 63.8. The van der Waals surface area contributed by atoms with Crippen molar-refractivity contribution in [1.82, 2.24) is 20.9 Å². The van der Waals surface area contributed by atoms with Gasteiger partial charge in [0, 0.05) is 20.1 Å². The summed E-state index contributed by atoms with van der Waals surface area (Å²) >= 11 is 0. The number of carboxylic acids is 2. The number of piperidine rings is 1. The van der Waals surface area contributed by atoms with Crippen molar-refractivity contribution in [3.05, 3.63) is 0 Å². The number of likely N-dealkylation sites (tertiary alicyclic amines) is 1. The van der Waals surface area contributed by atoms with Gasteiger partial charge >= 0.3 is 11.9 Å². The van der Waals surface area contributed by atoms with E-state index in [0.29, 0.717) is 45.2 Å². The van der Waals surface area contributed by atoms with Crippen LogP contribution in [0.25, 0.3) is 0 Å². The summed E-state index contributed by atoms with van der Waals surface area (Å²) in [6.07, 6.45) is 2.36. The van der Waals surface area contributed by atoms with Gasteiger partial charge in [0.2, 0.25) is 17.7 Å². The molecule has 3 amide bonds. The molecule has 0 aromatic heterocycles. The smallest absolute Gasteiger partial charge is 0.326 e. The first-order valence-electron chi connectivity index (χ1n) is 13.7. The molecule has 0 unspecified atom stereocenters. The fourth-order valence-corrected chi connectivity index (χ4v) is 4.88. The topological polar surface area (TPSA) is 200 Å². The van der Waals surface area contributed by atoms with E-state index in [-0.39, 0.29) is 25.2 Å². The molecule has 1 aliphatic rings. The lowest BCUT2D eigenvalue weighted by atomic mass is 9.93. The predicted molar refractivity (Wildman–Crippen MR) is 144 cm³/mol. The third-order valence-corrected chi connectivity index (χ3v) is 6.92. The number of nitrogens with two attached hydrogens (primary N) is 1. The zero-order valence-corrected chi connectivity index (χ0v) is 23.6. The number of carbonyl (C=O) groups excluding carboxylic acids is 3. The predicted octanol–water partition coefficient (Wildman–Crippen LogP) is 0.0646. The van der Waals surface area contributed by atoms with E-state index < -0.39 is 66.4 Å². The molecule has 0 spiro atoms. The van der Waals surface area contributed by atoms with Gasteiger partial charge in [-0.3, -0.25) is 19.2 Å². The van der Waals surface area contributed by atoms with Gasteiger partial charge in [-0.25, -0.2) is 4.79 Å². The average Bonchev–Trinajstić information content (AvgIpc) is 2.88. The Balaban J connectivity index is 3.01. The number of carboxylic acid groups (broad SMARTS) is 2. The highest BCUT2D eigenvalue weighted by molar-refractivity contribution is 5.92. The molecule has 1 rings (SSSR count). The second-order valence-corrected chi connectivity index (χ2v) is 10.4. The van der Waals surface area contributed by atoms with E-state index in [4.69, 9.17) is 10.5 Å². The summed E-state index contributed by atoms with van der Waals surface area (Å²) < 4.78 is 5.60. The van der Waals surface area contributed by atoms with Crippen molar-refractivity contribution in [2.45, 2.75) is 102 Å². The molecule has 1 fully saturated rings. The van der Waals surface area contributed by atoms with Crippen LogP contribution in [0.15, 0.2) is 0 Å². The Kier molecular flexibility index (Phi) is 15.6. The number of unbranched alkanes of at least 4 members (excludes halogenated alkanes) is 1. The normalized spacial score (nSPS) is 19.7. The maximum absolute atomic E-state index is 13.6. The highest BCUT2D eigenvalue weighted by atomic mass is 16.5. The molecule has 0 bridgehead atoms. The number of methoxy groups -OCH3 is 1. The van der Waals surface area contributed by atoms with E-state index in [0.717, 1.165) is 0 Å². The molecular formula is C26H47N5O8. The minimum atomic E-state index is -1.29. The van der Waals surface area contributed by atoms with E-state index in [2.05, 4.69) is 16.0 Å². The molecule has 0 aliphatic carbocycles. The molecular weight excluding hydrogens is 510 g/mol. The maximum atomic E-state index is 13.6. The largest absolute Gasteiger partial charge is 0.481 e. The van der Waals surface area contributed by atoms with Gasteiger partial charge in [-0.15, -0.1) is 0 Å². The van der Waals surface area contributed by atoms with Gasteiger partial charge < -0.3 is 41.5 Å². The third-order valence-electron chi connectivity index (χ3n) is 6.92. The number of hydrogen-bond donors (Lipinski definition) is 6. The Morgan fingerprint density at radius 1 is 1.05 bits per heavy atom. The summed E-state index contributed by atoms with van der Waals surface area (Å²) in [6, 6.07) is -3.46. The summed E-state index contributed by atoms with van der Waals surface area (Å²) in [5, 5.41) is 27.0. The fraction of sp³-hybridized carbons (Fsp3) is 0.808. The van der Waals surface area contributed by atoms with Gasteiger partial charge in [-0.1, -0.05) is 13.8 Å². The monoisotopic (exact) mass is 557 g/mol. The lowest BCUT2D eigenvalue weighted by Gasteiger charge is -2.42. The van der Waals surface area contributed by atoms with Gasteiger partial charge in [-0.05, 0) is 64.5 Å². The van der Waals surface area contributed by atoms with Crippen LogP contribution in [-0.4, -0.2) is 102 Å². The second-order valence-electron chi connectivity index (χ2n) is 10.4. The van der Waals surface area contributed by atoms with Gasteiger partial charge in [-0.2, -0.15) is 0 Å². The summed E-state index contributed by atoms with van der Waals surface area (Å²) in [5.74, 6) is -3.65. The number of nitrogens with zero attached hydrogens (tertiary/aromatic N) is 1. The molecule has 1 heterocycles. The quantitative estimate of drug-likeness (QED) is 0.125. The van der Waals surface area contributed by atoms with Crippen molar-refractivity contribution in [2.75, 3.05) is 27.2 Å². The van der Waals surface area contributed by atoms with Crippen molar-refractivity contribution in [3.63, 3.8) is 0 Å². The molecule has 13 nitrogen and oxygen atoms in total.